The molecule has 0 unspecified atom stereocenters. The second-order valence-electron chi connectivity index (χ2n) is 10.1. The first kappa shape index (κ1) is 22.4. The van der Waals surface area contributed by atoms with Crippen LogP contribution in [-0.4, -0.2) is 4.57 Å². The summed E-state index contributed by atoms with van der Waals surface area (Å²) in [5.74, 6) is 0. The van der Waals surface area contributed by atoms with Gasteiger partial charge in [-0.15, -0.1) is 0 Å². The summed E-state index contributed by atoms with van der Waals surface area (Å²) < 4.78 is 8.33. The van der Waals surface area contributed by atoms with Gasteiger partial charge < -0.3 is 8.98 Å². The van der Waals surface area contributed by atoms with Gasteiger partial charge in [0.2, 0.25) is 0 Å². The summed E-state index contributed by atoms with van der Waals surface area (Å²) in [4.78, 5) is 0. The largest absolute Gasteiger partial charge is 0.456 e. The number of aromatic nitrogens is 1. The van der Waals surface area contributed by atoms with Crippen LogP contribution in [-0.2, 0) is 0 Å². The normalized spacial score (nSPS) is 11.5. The molecule has 8 rings (SSSR count). The van der Waals surface area contributed by atoms with Gasteiger partial charge in [0.15, 0.2) is 0 Å². The van der Waals surface area contributed by atoms with Crippen molar-refractivity contribution in [2.75, 3.05) is 0 Å². The van der Waals surface area contributed by atoms with Crippen LogP contribution in [0.2, 0.25) is 0 Å². The first-order valence-electron chi connectivity index (χ1n) is 13.3. The fraction of sp³-hybridized carbons (Fsp3) is 0. The molecule has 0 N–H and O–H groups in total. The minimum Gasteiger partial charge on any atom is -0.456 e. The van der Waals surface area contributed by atoms with Crippen molar-refractivity contribution in [3.63, 3.8) is 0 Å². The topological polar surface area (TPSA) is 41.9 Å². The van der Waals surface area contributed by atoms with Crippen LogP contribution in [0.15, 0.2) is 138 Å². The maximum Gasteiger partial charge on any atom is 0.135 e. The van der Waals surface area contributed by atoms with Gasteiger partial charge in [-0.3, -0.25) is 0 Å². The van der Waals surface area contributed by atoms with Gasteiger partial charge in [-0.1, -0.05) is 78.9 Å². The molecule has 0 aliphatic heterocycles. The molecule has 0 spiro atoms. The van der Waals surface area contributed by atoms with E-state index >= 15 is 0 Å². The smallest absolute Gasteiger partial charge is 0.135 e. The van der Waals surface area contributed by atoms with E-state index in [9.17, 15) is 5.26 Å². The number of para-hydroxylation sites is 2. The number of hydrogen-bond acceptors (Lipinski definition) is 2. The van der Waals surface area contributed by atoms with E-state index in [-0.39, 0.29) is 0 Å². The fourth-order valence-electron chi connectivity index (χ4n) is 5.89. The van der Waals surface area contributed by atoms with Crippen molar-refractivity contribution in [1.82, 2.24) is 4.57 Å². The Balaban J connectivity index is 1.14. The Labute approximate surface area is 230 Å². The van der Waals surface area contributed by atoms with Crippen LogP contribution < -0.4 is 0 Å². The Hall–Kier alpha value is -5.59. The SMILES string of the molecule is N#Cc1ccc2oc3ccc(-c4ccc(-c5ccc(-n6c7ccccc7c7ccccc76)cc5)cc4)cc3c2c1. The maximum atomic E-state index is 9.32. The number of furan rings is 1. The van der Waals surface area contributed by atoms with Crippen molar-refractivity contribution in [2.24, 2.45) is 0 Å². The number of benzene rings is 6. The van der Waals surface area contributed by atoms with Crippen molar-refractivity contribution < 1.29 is 4.42 Å². The van der Waals surface area contributed by atoms with Gasteiger partial charge in [0.25, 0.3) is 0 Å². The number of fused-ring (bicyclic) bond motifs is 6. The quantitative estimate of drug-likeness (QED) is 0.237. The van der Waals surface area contributed by atoms with Crippen LogP contribution in [0.3, 0.4) is 0 Å². The summed E-state index contributed by atoms with van der Waals surface area (Å²) in [6.07, 6.45) is 0. The monoisotopic (exact) mass is 510 g/mol. The third-order valence-electron chi connectivity index (χ3n) is 7.86. The summed E-state index contributed by atoms with van der Waals surface area (Å²) in [5, 5.41) is 13.9. The lowest BCUT2D eigenvalue weighted by Gasteiger charge is -2.10. The summed E-state index contributed by atoms with van der Waals surface area (Å²) in [7, 11) is 0. The molecule has 0 amide bonds. The maximum absolute atomic E-state index is 9.32. The minimum absolute atomic E-state index is 0.633. The number of nitriles is 1. The number of nitrogens with zero attached hydrogens (tertiary/aromatic N) is 2. The van der Waals surface area contributed by atoms with Gasteiger partial charge in [0.05, 0.1) is 22.7 Å². The molecule has 0 fully saturated rings. The molecule has 2 aromatic heterocycles. The van der Waals surface area contributed by atoms with Crippen LogP contribution in [0.25, 0.3) is 71.7 Å². The average molecular weight is 511 g/mol. The Bertz CT molecular complexity index is 2210. The summed E-state index contributed by atoms with van der Waals surface area (Å²) in [6.45, 7) is 0. The molecule has 2 heterocycles. The van der Waals surface area contributed by atoms with Gasteiger partial charge >= 0.3 is 0 Å². The van der Waals surface area contributed by atoms with Crippen molar-refractivity contribution in [3.8, 4) is 34.0 Å². The molecule has 8 aromatic rings. The molecule has 0 bridgehead atoms. The molecule has 6 aromatic carbocycles. The number of hydrogen-bond donors (Lipinski definition) is 0. The van der Waals surface area contributed by atoms with E-state index in [4.69, 9.17) is 4.42 Å². The molecule has 3 nitrogen and oxygen atoms in total. The molecular weight excluding hydrogens is 488 g/mol. The molecular formula is C37H22N2O. The zero-order chi connectivity index (χ0) is 26.6. The Morgan fingerprint density at radius 1 is 0.475 bits per heavy atom. The van der Waals surface area contributed by atoms with Crippen LogP contribution in [0.4, 0.5) is 0 Å². The summed E-state index contributed by atoms with van der Waals surface area (Å²) in [5.41, 5.74) is 10.4. The lowest BCUT2D eigenvalue weighted by molar-refractivity contribution is 0.669. The minimum atomic E-state index is 0.633. The lowest BCUT2D eigenvalue weighted by atomic mass is 9.99. The summed E-state index contributed by atoms with van der Waals surface area (Å²) >= 11 is 0. The predicted octanol–water partition coefficient (Wildman–Crippen LogP) is 9.89. The highest BCUT2D eigenvalue weighted by Crippen LogP contribution is 2.35. The second-order valence-corrected chi connectivity index (χ2v) is 10.1. The molecule has 0 radical (unpaired) electrons. The Morgan fingerprint density at radius 2 is 0.975 bits per heavy atom. The van der Waals surface area contributed by atoms with Crippen LogP contribution >= 0.6 is 0 Å². The van der Waals surface area contributed by atoms with Crippen molar-refractivity contribution in [2.45, 2.75) is 0 Å². The van der Waals surface area contributed by atoms with E-state index in [0.29, 0.717) is 5.56 Å². The second kappa shape index (κ2) is 8.73. The van der Waals surface area contributed by atoms with Gasteiger partial charge in [0.1, 0.15) is 11.2 Å². The molecule has 3 heteroatoms. The van der Waals surface area contributed by atoms with E-state index in [1.807, 2.05) is 18.2 Å². The standard InChI is InChI=1S/C37H22N2O/c38-23-24-9-19-36-32(21-24)33-22-28(16-20-37(33)40-36)27-12-10-25(11-13-27)26-14-17-29(18-15-26)39-34-7-3-1-5-30(34)31-6-2-4-8-35(31)39/h1-22H. The van der Waals surface area contributed by atoms with E-state index < -0.39 is 0 Å². The van der Waals surface area contributed by atoms with Gasteiger partial charge in [-0.25, -0.2) is 0 Å². The van der Waals surface area contributed by atoms with Gasteiger partial charge in [-0.2, -0.15) is 5.26 Å². The highest BCUT2D eigenvalue weighted by Gasteiger charge is 2.12. The van der Waals surface area contributed by atoms with Gasteiger partial charge in [-0.05, 0) is 76.9 Å². The lowest BCUT2D eigenvalue weighted by Crippen LogP contribution is -1.93. The van der Waals surface area contributed by atoms with Crippen molar-refractivity contribution >= 4 is 43.7 Å². The first-order chi connectivity index (χ1) is 19.8. The van der Waals surface area contributed by atoms with Crippen molar-refractivity contribution in [1.29, 1.82) is 5.26 Å². The highest BCUT2D eigenvalue weighted by molar-refractivity contribution is 6.09. The number of rotatable bonds is 3. The molecule has 0 aliphatic rings. The van der Waals surface area contributed by atoms with Crippen molar-refractivity contribution in [3.05, 3.63) is 139 Å². The molecule has 40 heavy (non-hydrogen) atoms. The zero-order valence-corrected chi connectivity index (χ0v) is 21.5. The highest BCUT2D eigenvalue weighted by atomic mass is 16.3. The summed E-state index contributed by atoms with van der Waals surface area (Å²) in [6, 6.07) is 48.7. The predicted molar refractivity (Wildman–Crippen MR) is 164 cm³/mol. The molecule has 0 saturated heterocycles. The molecule has 0 atom stereocenters. The third-order valence-corrected chi connectivity index (χ3v) is 7.86. The Morgan fingerprint density at radius 3 is 1.60 bits per heavy atom. The van der Waals surface area contributed by atoms with Crippen LogP contribution in [0, 0.1) is 11.3 Å². The zero-order valence-electron chi connectivity index (χ0n) is 21.5. The van der Waals surface area contributed by atoms with E-state index in [1.165, 1.54) is 32.9 Å². The fourth-order valence-corrected chi connectivity index (χ4v) is 5.89. The molecule has 186 valence electrons. The average Bonchev–Trinajstić information content (AvgIpc) is 3.56. The van der Waals surface area contributed by atoms with Crippen LogP contribution in [0.5, 0.6) is 0 Å². The van der Waals surface area contributed by atoms with E-state index in [1.54, 1.807) is 6.07 Å². The molecule has 0 saturated carbocycles. The van der Waals surface area contributed by atoms with E-state index in [0.717, 1.165) is 38.8 Å². The van der Waals surface area contributed by atoms with Crippen LogP contribution in [0.1, 0.15) is 5.56 Å². The molecule has 0 aliphatic carbocycles. The van der Waals surface area contributed by atoms with Gasteiger partial charge in [0, 0.05) is 27.2 Å². The third kappa shape index (κ3) is 3.44. The van der Waals surface area contributed by atoms with E-state index in [2.05, 4.69) is 120 Å². The first-order valence-corrected chi connectivity index (χ1v) is 13.3. The Kier molecular flexibility index (Phi) is 4.89.